The summed E-state index contributed by atoms with van der Waals surface area (Å²) in [7, 11) is 0. The molecule has 4 heteroatoms. The van der Waals surface area contributed by atoms with Crippen LogP contribution in [-0.2, 0) is 4.79 Å². The topological polar surface area (TPSA) is 41.1 Å². The predicted octanol–water partition coefficient (Wildman–Crippen LogP) is 4.18. The second-order valence-corrected chi connectivity index (χ2v) is 7.72. The molecule has 2 aromatic rings. The van der Waals surface area contributed by atoms with Gasteiger partial charge in [-0.3, -0.25) is 10.1 Å². The van der Waals surface area contributed by atoms with Gasteiger partial charge in [0.25, 0.3) is 0 Å². The minimum atomic E-state index is -0.223. The SMILES string of the molecule is Cc1ccc([C@H](N[C@H](C)C(=O)NC2CCCC2)c2cccs2)cc1. The van der Waals surface area contributed by atoms with Crippen molar-refractivity contribution in [2.24, 2.45) is 0 Å². The van der Waals surface area contributed by atoms with Gasteiger partial charge in [-0.25, -0.2) is 0 Å². The predicted molar refractivity (Wildman–Crippen MR) is 100 cm³/mol. The minimum Gasteiger partial charge on any atom is -0.352 e. The van der Waals surface area contributed by atoms with Crippen LogP contribution in [0.5, 0.6) is 0 Å². The molecule has 1 fully saturated rings. The number of nitrogens with one attached hydrogen (secondary N) is 2. The van der Waals surface area contributed by atoms with E-state index in [1.165, 1.54) is 28.8 Å². The molecule has 3 rings (SSSR count). The summed E-state index contributed by atoms with van der Waals surface area (Å²) in [5.74, 6) is 0.107. The summed E-state index contributed by atoms with van der Waals surface area (Å²) < 4.78 is 0. The minimum absolute atomic E-state index is 0.0509. The van der Waals surface area contributed by atoms with E-state index < -0.39 is 0 Å². The van der Waals surface area contributed by atoms with Crippen LogP contribution in [0.3, 0.4) is 0 Å². The molecule has 2 N–H and O–H groups in total. The first kappa shape index (κ1) is 17.2. The number of rotatable bonds is 6. The van der Waals surface area contributed by atoms with Crippen molar-refractivity contribution in [2.45, 2.75) is 57.7 Å². The number of hydrogen-bond donors (Lipinski definition) is 2. The quantitative estimate of drug-likeness (QED) is 0.827. The van der Waals surface area contributed by atoms with Crippen molar-refractivity contribution in [3.05, 3.63) is 57.8 Å². The summed E-state index contributed by atoms with van der Waals surface area (Å²) >= 11 is 1.72. The van der Waals surface area contributed by atoms with Crippen LogP contribution in [0.15, 0.2) is 41.8 Å². The number of aryl methyl sites for hydroxylation is 1. The zero-order valence-corrected chi connectivity index (χ0v) is 15.2. The Hall–Kier alpha value is -1.65. The van der Waals surface area contributed by atoms with E-state index in [1.54, 1.807) is 11.3 Å². The highest BCUT2D eigenvalue weighted by Crippen LogP contribution is 2.27. The molecule has 1 aromatic heterocycles. The lowest BCUT2D eigenvalue weighted by Gasteiger charge is -2.24. The van der Waals surface area contributed by atoms with Gasteiger partial charge in [0, 0.05) is 10.9 Å². The third kappa shape index (κ3) is 4.25. The van der Waals surface area contributed by atoms with E-state index >= 15 is 0 Å². The Balaban J connectivity index is 1.71. The molecule has 1 amide bonds. The number of benzene rings is 1. The van der Waals surface area contributed by atoms with Gasteiger partial charge in [-0.15, -0.1) is 11.3 Å². The summed E-state index contributed by atoms with van der Waals surface area (Å²) in [5.41, 5.74) is 2.44. The third-order valence-electron chi connectivity index (χ3n) is 4.75. The van der Waals surface area contributed by atoms with Crippen molar-refractivity contribution in [3.63, 3.8) is 0 Å². The molecule has 0 spiro atoms. The average Bonchev–Trinajstić information content (AvgIpc) is 3.27. The molecular weight excluding hydrogens is 316 g/mol. The molecule has 1 saturated carbocycles. The Labute approximate surface area is 148 Å². The molecule has 0 saturated heterocycles. The summed E-state index contributed by atoms with van der Waals surface area (Å²) in [6.45, 7) is 4.05. The highest BCUT2D eigenvalue weighted by atomic mass is 32.1. The van der Waals surface area contributed by atoms with Crippen LogP contribution in [-0.4, -0.2) is 18.0 Å². The van der Waals surface area contributed by atoms with Crippen LogP contribution in [0.2, 0.25) is 0 Å². The summed E-state index contributed by atoms with van der Waals surface area (Å²) in [4.78, 5) is 13.8. The average molecular weight is 343 g/mol. The van der Waals surface area contributed by atoms with Crippen LogP contribution in [0, 0.1) is 6.92 Å². The second kappa shape index (κ2) is 7.95. The fourth-order valence-corrected chi connectivity index (χ4v) is 4.09. The van der Waals surface area contributed by atoms with Crippen LogP contribution >= 0.6 is 11.3 Å². The summed E-state index contributed by atoms with van der Waals surface area (Å²) in [5, 5.41) is 8.80. The van der Waals surface area contributed by atoms with Gasteiger partial charge in [-0.2, -0.15) is 0 Å². The van der Waals surface area contributed by atoms with E-state index in [9.17, 15) is 4.79 Å². The van der Waals surface area contributed by atoms with E-state index in [2.05, 4.69) is 59.3 Å². The summed E-state index contributed by atoms with van der Waals surface area (Å²) in [6, 6.07) is 12.9. The van der Waals surface area contributed by atoms with E-state index in [0.29, 0.717) is 6.04 Å². The van der Waals surface area contributed by atoms with E-state index in [0.717, 1.165) is 12.8 Å². The molecule has 0 aliphatic heterocycles. The molecule has 3 nitrogen and oxygen atoms in total. The molecule has 0 bridgehead atoms. The fourth-order valence-electron chi connectivity index (χ4n) is 3.28. The third-order valence-corrected chi connectivity index (χ3v) is 5.69. The van der Waals surface area contributed by atoms with Crippen molar-refractivity contribution in [2.75, 3.05) is 0 Å². The molecule has 1 heterocycles. The maximum Gasteiger partial charge on any atom is 0.237 e. The van der Waals surface area contributed by atoms with Crippen molar-refractivity contribution in [1.29, 1.82) is 0 Å². The van der Waals surface area contributed by atoms with E-state index in [4.69, 9.17) is 0 Å². The Morgan fingerprint density at radius 3 is 2.50 bits per heavy atom. The van der Waals surface area contributed by atoms with Gasteiger partial charge in [-0.1, -0.05) is 48.7 Å². The lowest BCUT2D eigenvalue weighted by atomic mass is 10.0. The van der Waals surface area contributed by atoms with E-state index in [-0.39, 0.29) is 18.0 Å². The largest absolute Gasteiger partial charge is 0.352 e. The normalized spacial score (nSPS) is 17.6. The molecule has 24 heavy (non-hydrogen) atoms. The van der Waals surface area contributed by atoms with Gasteiger partial charge in [0.15, 0.2) is 0 Å². The Morgan fingerprint density at radius 1 is 1.17 bits per heavy atom. The fraction of sp³-hybridized carbons (Fsp3) is 0.450. The molecule has 2 atom stereocenters. The van der Waals surface area contributed by atoms with E-state index in [1.807, 2.05) is 6.92 Å². The van der Waals surface area contributed by atoms with Crippen molar-refractivity contribution in [1.82, 2.24) is 10.6 Å². The van der Waals surface area contributed by atoms with Gasteiger partial charge in [-0.05, 0) is 43.7 Å². The van der Waals surface area contributed by atoms with Crippen LogP contribution in [0.1, 0.15) is 54.7 Å². The molecular formula is C20H26N2OS. The van der Waals surface area contributed by atoms with Crippen molar-refractivity contribution in [3.8, 4) is 0 Å². The molecule has 0 radical (unpaired) electrons. The highest BCUT2D eigenvalue weighted by molar-refractivity contribution is 7.10. The van der Waals surface area contributed by atoms with Gasteiger partial charge in [0.1, 0.15) is 0 Å². The maximum atomic E-state index is 12.5. The maximum absolute atomic E-state index is 12.5. The molecule has 128 valence electrons. The Morgan fingerprint density at radius 2 is 1.88 bits per heavy atom. The van der Waals surface area contributed by atoms with Gasteiger partial charge >= 0.3 is 0 Å². The smallest absolute Gasteiger partial charge is 0.237 e. The molecule has 0 unspecified atom stereocenters. The Kier molecular flexibility index (Phi) is 5.69. The lowest BCUT2D eigenvalue weighted by molar-refractivity contribution is -0.123. The van der Waals surface area contributed by atoms with Crippen LogP contribution < -0.4 is 10.6 Å². The van der Waals surface area contributed by atoms with Crippen LogP contribution in [0.4, 0.5) is 0 Å². The number of carbonyl (C=O) groups excluding carboxylic acids is 1. The number of thiophene rings is 1. The van der Waals surface area contributed by atoms with Gasteiger partial charge in [0.05, 0.1) is 12.1 Å². The Bertz CT molecular complexity index is 645. The monoisotopic (exact) mass is 342 g/mol. The lowest BCUT2D eigenvalue weighted by Crippen LogP contribution is -2.46. The van der Waals surface area contributed by atoms with Crippen LogP contribution in [0.25, 0.3) is 0 Å². The number of hydrogen-bond acceptors (Lipinski definition) is 3. The first-order chi connectivity index (χ1) is 11.6. The molecule has 1 aromatic carbocycles. The first-order valence-corrected chi connectivity index (χ1v) is 9.68. The highest BCUT2D eigenvalue weighted by Gasteiger charge is 2.24. The standard InChI is InChI=1S/C20H26N2OS/c1-14-9-11-16(12-10-14)19(18-8-5-13-24-18)21-15(2)20(23)22-17-6-3-4-7-17/h5,8-13,15,17,19,21H,3-4,6-7H2,1-2H3,(H,22,23)/t15-,19+/m1/s1. The number of amides is 1. The van der Waals surface area contributed by atoms with Crippen molar-refractivity contribution < 1.29 is 4.79 Å². The molecule has 1 aliphatic rings. The summed E-state index contributed by atoms with van der Waals surface area (Å²) in [6.07, 6.45) is 4.69. The zero-order chi connectivity index (χ0) is 16.9. The first-order valence-electron chi connectivity index (χ1n) is 8.80. The zero-order valence-electron chi connectivity index (χ0n) is 14.4. The second-order valence-electron chi connectivity index (χ2n) is 6.74. The molecule has 1 aliphatic carbocycles. The van der Waals surface area contributed by atoms with Gasteiger partial charge in [0.2, 0.25) is 5.91 Å². The van der Waals surface area contributed by atoms with Crippen molar-refractivity contribution >= 4 is 17.2 Å². The number of carbonyl (C=O) groups is 1. The van der Waals surface area contributed by atoms with Gasteiger partial charge < -0.3 is 5.32 Å².